The summed E-state index contributed by atoms with van der Waals surface area (Å²) in [6, 6.07) is -0.804. The van der Waals surface area contributed by atoms with Crippen LogP contribution in [0.3, 0.4) is 0 Å². The standard InChI is InChI=1S/C57H109NO8/c1-3-5-7-9-11-13-15-17-19-21-23-24-25-26-27-28-29-31-33-35-37-39-41-43-45-47-53(61)58-50(49-65-57-56(64)55(63)54(62)52(48-59)66-57)51(60)46-44-42-40-38-36-34-32-30-22-20-18-16-14-12-10-8-6-4-2/h26-27,44,46,50-52,54-57,59-60,62-64H,3-25,28-43,45,47-49H2,1-2H3,(H,58,61)/b27-26-,46-44+. The van der Waals surface area contributed by atoms with Crippen molar-refractivity contribution in [3.8, 4) is 0 Å². The van der Waals surface area contributed by atoms with E-state index in [1.807, 2.05) is 6.08 Å². The topological polar surface area (TPSA) is 149 Å². The number of aliphatic hydroxyl groups is 5. The van der Waals surface area contributed by atoms with E-state index in [-0.39, 0.29) is 12.5 Å². The zero-order chi connectivity index (χ0) is 48.0. The van der Waals surface area contributed by atoms with Gasteiger partial charge >= 0.3 is 0 Å². The lowest BCUT2D eigenvalue weighted by molar-refractivity contribution is -0.302. The van der Waals surface area contributed by atoms with Crippen LogP contribution in [0.25, 0.3) is 0 Å². The quantitative estimate of drug-likeness (QED) is 0.0261. The molecule has 0 spiro atoms. The Kier molecular flexibility index (Phi) is 45.0. The molecule has 0 aromatic carbocycles. The van der Waals surface area contributed by atoms with Crippen LogP contribution in [0.15, 0.2) is 24.3 Å². The van der Waals surface area contributed by atoms with Gasteiger partial charge in [-0.3, -0.25) is 4.79 Å². The van der Waals surface area contributed by atoms with E-state index in [2.05, 4.69) is 31.3 Å². The fourth-order valence-electron chi connectivity index (χ4n) is 9.21. The van der Waals surface area contributed by atoms with E-state index in [1.165, 1.54) is 218 Å². The molecule has 1 aliphatic rings. The van der Waals surface area contributed by atoms with Crippen LogP contribution in [-0.2, 0) is 14.3 Å². The normalized spacial score (nSPS) is 19.9. The van der Waals surface area contributed by atoms with Crippen LogP contribution in [0.2, 0.25) is 0 Å². The first kappa shape index (κ1) is 62.7. The van der Waals surface area contributed by atoms with Gasteiger partial charge in [-0.25, -0.2) is 0 Å². The average Bonchev–Trinajstić information content (AvgIpc) is 3.32. The maximum atomic E-state index is 13.0. The Bertz CT molecular complexity index is 1090. The van der Waals surface area contributed by atoms with Gasteiger partial charge in [0, 0.05) is 6.42 Å². The summed E-state index contributed by atoms with van der Waals surface area (Å²) in [5, 5.41) is 54.5. The van der Waals surface area contributed by atoms with Gasteiger partial charge in [0.05, 0.1) is 25.4 Å². The minimum atomic E-state index is -1.57. The van der Waals surface area contributed by atoms with Crippen molar-refractivity contribution < 1.29 is 39.8 Å². The van der Waals surface area contributed by atoms with Crippen molar-refractivity contribution in [3.05, 3.63) is 24.3 Å². The molecule has 9 heteroatoms. The van der Waals surface area contributed by atoms with Crippen molar-refractivity contribution in [1.29, 1.82) is 0 Å². The summed E-state index contributed by atoms with van der Waals surface area (Å²) >= 11 is 0. The number of rotatable bonds is 49. The molecule has 0 radical (unpaired) electrons. The second-order valence-corrected chi connectivity index (χ2v) is 20.1. The number of carbonyl (C=O) groups is 1. The molecule has 1 saturated heterocycles. The lowest BCUT2D eigenvalue weighted by atomic mass is 9.99. The van der Waals surface area contributed by atoms with Gasteiger partial charge in [-0.2, -0.15) is 0 Å². The highest BCUT2D eigenvalue weighted by molar-refractivity contribution is 5.76. The largest absolute Gasteiger partial charge is 0.394 e. The Labute approximate surface area is 407 Å². The predicted octanol–water partition coefficient (Wildman–Crippen LogP) is 13.8. The van der Waals surface area contributed by atoms with Crippen LogP contribution in [-0.4, -0.2) is 87.5 Å². The fraction of sp³-hybridized carbons (Fsp3) is 0.912. The highest BCUT2D eigenvalue weighted by atomic mass is 16.7. The van der Waals surface area contributed by atoms with E-state index in [0.29, 0.717) is 6.42 Å². The lowest BCUT2D eigenvalue weighted by Crippen LogP contribution is -2.60. The van der Waals surface area contributed by atoms with Crippen LogP contribution < -0.4 is 5.32 Å². The lowest BCUT2D eigenvalue weighted by Gasteiger charge is -2.40. The average molecular weight is 936 g/mol. The monoisotopic (exact) mass is 936 g/mol. The molecule has 66 heavy (non-hydrogen) atoms. The summed E-state index contributed by atoms with van der Waals surface area (Å²) in [6.07, 6.45) is 52.4. The second-order valence-electron chi connectivity index (χ2n) is 20.1. The third-order valence-corrected chi connectivity index (χ3v) is 13.8. The summed E-state index contributed by atoms with van der Waals surface area (Å²) in [6.45, 7) is 3.81. The number of unbranched alkanes of at least 4 members (excludes halogenated alkanes) is 37. The SMILES string of the molecule is CCCCCCCCCCCCCC/C=C\CCCCCCCCCCCC(=O)NC(COC1OC(CO)C(O)C(O)C1O)C(O)/C=C/CCCCCCCCCCCCCCCCCC. The molecule has 0 aromatic heterocycles. The van der Waals surface area contributed by atoms with Gasteiger partial charge in [0.25, 0.3) is 0 Å². The molecule has 390 valence electrons. The van der Waals surface area contributed by atoms with Crippen molar-refractivity contribution in [1.82, 2.24) is 5.32 Å². The minimum Gasteiger partial charge on any atom is -0.394 e. The first-order chi connectivity index (χ1) is 32.3. The molecule has 0 bridgehead atoms. The molecule has 9 nitrogen and oxygen atoms in total. The van der Waals surface area contributed by atoms with Gasteiger partial charge in [-0.1, -0.05) is 250 Å². The van der Waals surface area contributed by atoms with Gasteiger partial charge in [-0.15, -0.1) is 0 Å². The molecule has 0 aliphatic carbocycles. The van der Waals surface area contributed by atoms with Crippen LogP contribution in [0.4, 0.5) is 0 Å². The molecule has 7 atom stereocenters. The van der Waals surface area contributed by atoms with Gasteiger partial charge in [0.15, 0.2) is 6.29 Å². The van der Waals surface area contributed by atoms with Crippen LogP contribution in [0.5, 0.6) is 0 Å². The van der Waals surface area contributed by atoms with Crippen molar-refractivity contribution >= 4 is 5.91 Å². The molecule has 7 unspecified atom stereocenters. The molecule has 1 amide bonds. The highest BCUT2D eigenvalue weighted by Crippen LogP contribution is 2.23. The molecule has 1 heterocycles. The molecule has 1 aliphatic heterocycles. The smallest absolute Gasteiger partial charge is 0.220 e. The summed E-state index contributed by atoms with van der Waals surface area (Å²) < 4.78 is 11.3. The number of carbonyl (C=O) groups excluding carboxylic acids is 1. The van der Waals surface area contributed by atoms with Gasteiger partial charge in [0.2, 0.25) is 5.91 Å². The number of amides is 1. The number of allylic oxidation sites excluding steroid dienone is 3. The molecule has 1 fully saturated rings. The Balaban J connectivity index is 2.22. The molecular formula is C57H109NO8. The maximum absolute atomic E-state index is 13.0. The van der Waals surface area contributed by atoms with Crippen molar-refractivity contribution in [2.45, 2.75) is 320 Å². The molecular weight excluding hydrogens is 827 g/mol. The van der Waals surface area contributed by atoms with E-state index in [9.17, 15) is 30.3 Å². The van der Waals surface area contributed by atoms with Crippen molar-refractivity contribution in [2.24, 2.45) is 0 Å². The van der Waals surface area contributed by atoms with E-state index >= 15 is 0 Å². The molecule has 0 saturated carbocycles. The van der Waals surface area contributed by atoms with Crippen LogP contribution in [0, 0.1) is 0 Å². The number of ether oxygens (including phenoxy) is 2. The summed E-state index contributed by atoms with van der Waals surface area (Å²) in [4.78, 5) is 13.0. The third-order valence-electron chi connectivity index (χ3n) is 13.8. The second kappa shape index (κ2) is 47.4. The van der Waals surface area contributed by atoms with Gasteiger partial charge in [0.1, 0.15) is 24.4 Å². The predicted molar refractivity (Wildman–Crippen MR) is 277 cm³/mol. The summed E-state index contributed by atoms with van der Waals surface area (Å²) in [5.74, 6) is -0.175. The van der Waals surface area contributed by atoms with E-state index in [1.54, 1.807) is 6.08 Å². The number of hydrogen-bond acceptors (Lipinski definition) is 8. The minimum absolute atomic E-state index is 0.175. The van der Waals surface area contributed by atoms with E-state index < -0.39 is 49.5 Å². The number of nitrogens with one attached hydrogen (secondary N) is 1. The van der Waals surface area contributed by atoms with E-state index in [0.717, 1.165) is 38.5 Å². The van der Waals surface area contributed by atoms with E-state index in [4.69, 9.17) is 9.47 Å². The molecule has 1 rings (SSSR count). The van der Waals surface area contributed by atoms with Crippen molar-refractivity contribution in [2.75, 3.05) is 13.2 Å². The third kappa shape index (κ3) is 36.6. The van der Waals surface area contributed by atoms with Crippen LogP contribution in [0.1, 0.15) is 277 Å². The van der Waals surface area contributed by atoms with Crippen LogP contribution >= 0.6 is 0 Å². The Morgan fingerprint density at radius 3 is 1.23 bits per heavy atom. The highest BCUT2D eigenvalue weighted by Gasteiger charge is 2.44. The van der Waals surface area contributed by atoms with Crippen molar-refractivity contribution in [3.63, 3.8) is 0 Å². The Morgan fingerprint density at radius 1 is 0.500 bits per heavy atom. The number of hydrogen-bond donors (Lipinski definition) is 6. The fourth-order valence-corrected chi connectivity index (χ4v) is 9.21. The van der Waals surface area contributed by atoms with Gasteiger partial charge < -0.3 is 40.3 Å². The number of aliphatic hydroxyl groups excluding tert-OH is 5. The molecule has 0 aromatic rings. The zero-order valence-corrected chi connectivity index (χ0v) is 43.2. The van der Waals surface area contributed by atoms with Gasteiger partial charge in [-0.05, 0) is 44.9 Å². The summed E-state index contributed by atoms with van der Waals surface area (Å²) in [7, 11) is 0. The summed E-state index contributed by atoms with van der Waals surface area (Å²) in [5.41, 5.74) is 0. The Morgan fingerprint density at radius 2 is 0.848 bits per heavy atom. The first-order valence-electron chi connectivity index (χ1n) is 28.6. The maximum Gasteiger partial charge on any atom is 0.220 e. The first-order valence-corrected chi connectivity index (χ1v) is 28.6. The zero-order valence-electron chi connectivity index (χ0n) is 43.2. The Hall–Kier alpha value is -1.33. The molecule has 6 N–H and O–H groups in total.